The van der Waals surface area contributed by atoms with E-state index in [4.69, 9.17) is 0 Å². The molecule has 1 aromatic rings. The van der Waals surface area contributed by atoms with Crippen LogP contribution in [0.15, 0.2) is 24.4 Å². The lowest BCUT2D eigenvalue weighted by atomic mass is 9.85. The molecule has 1 N–H and O–H groups in total. The quantitative estimate of drug-likeness (QED) is 0.658. The van der Waals surface area contributed by atoms with Gasteiger partial charge in [-0.3, -0.25) is 24.0 Å². The Morgan fingerprint density at radius 1 is 1.27 bits per heavy atom. The Balaban J connectivity index is 1.74. The average molecular weight is 302 g/mol. The zero-order valence-corrected chi connectivity index (χ0v) is 12.5. The molecule has 3 unspecified atom stereocenters. The predicted molar refractivity (Wildman–Crippen MR) is 78.5 cm³/mol. The molecule has 0 spiro atoms. The van der Waals surface area contributed by atoms with Gasteiger partial charge in [-0.05, 0) is 19.8 Å². The number of fused-ring (bicyclic) bond motifs is 1. The molecule has 2 heterocycles. The Hall–Kier alpha value is -2.44. The normalized spacial score (nSPS) is 25.3. The fourth-order valence-electron chi connectivity index (χ4n) is 3.04. The van der Waals surface area contributed by atoms with Crippen LogP contribution in [-0.4, -0.2) is 38.4 Å². The highest BCUT2D eigenvalue weighted by Gasteiger charge is 2.50. The van der Waals surface area contributed by atoms with Gasteiger partial charge in [-0.2, -0.15) is 5.10 Å². The maximum Gasteiger partial charge on any atom is 0.248 e. The summed E-state index contributed by atoms with van der Waals surface area (Å²) in [5.74, 6) is -1.14. The van der Waals surface area contributed by atoms with Gasteiger partial charge in [-0.25, -0.2) is 0 Å². The molecule has 116 valence electrons. The number of nitrogens with one attached hydrogen (secondary N) is 1. The van der Waals surface area contributed by atoms with Crippen LogP contribution in [0, 0.1) is 11.8 Å². The van der Waals surface area contributed by atoms with Crippen molar-refractivity contribution in [3.05, 3.63) is 24.4 Å². The molecule has 0 radical (unpaired) electrons. The van der Waals surface area contributed by atoms with Gasteiger partial charge in [0.15, 0.2) is 5.82 Å². The second-order valence-corrected chi connectivity index (χ2v) is 5.74. The van der Waals surface area contributed by atoms with Crippen molar-refractivity contribution in [2.45, 2.75) is 25.8 Å². The zero-order valence-electron chi connectivity index (χ0n) is 12.5. The van der Waals surface area contributed by atoms with Crippen LogP contribution in [0.2, 0.25) is 0 Å². The molecule has 3 rings (SSSR count). The summed E-state index contributed by atoms with van der Waals surface area (Å²) in [6.07, 6.45) is 6.69. The smallest absolute Gasteiger partial charge is 0.248 e. The van der Waals surface area contributed by atoms with Crippen molar-refractivity contribution in [1.29, 1.82) is 0 Å². The van der Waals surface area contributed by atoms with Crippen molar-refractivity contribution in [3.8, 4) is 0 Å². The molecule has 22 heavy (non-hydrogen) atoms. The largest absolute Gasteiger partial charge is 0.307 e. The number of hydrogen-bond acceptors (Lipinski definition) is 4. The maximum atomic E-state index is 12.4. The topological polar surface area (TPSA) is 84.3 Å². The molecule has 1 aromatic heterocycles. The number of nitrogens with zero attached hydrogens (tertiary/aromatic N) is 3. The van der Waals surface area contributed by atoms with Crippen molar-refractivity contribution >= 4 is 23.5 Å². The first-order valence-electron chi connectivity index (χ1n) is 7.31. The molecule has 0 saturated carbocycles. The van der Waals surface area contributed by atoms with Crippen LogP contribution in [0.25, 0.3) is 0 Å². The Labute approximate surface area is 128 Å². The first kappa shape index (κ1) is 14.5. The van der Waals surface area contributed by atoms with E-state index >= 15 is 0 Å². The predicted octanol–water partition coefficient (Wildman–Crippen LogP) is 0.698. The number of aryl methyl sites for hydroxylation is 1. The van der Waals surface area contributed by atoms with Crippen LogP contribution in [0.1, 0.15) is 19.8 Å². The fourth-order valence-corrected chi connectivity index (χ4v) is 3.04. The lowest BCUT2D eigenvalue weighted by Crippen LogP contribution is -2.46. The highest BCUT2D eigenvalue weighted by Crippen LogP contribution is 2.36. The van der Waals surface area contributed by atoms with E-state index < -0.39 is 11.9 Å². The summed E-state index contributed by atoms with van der Waals surface area (Å²) in [6, 6.07) is 0.815. The molecule has 1 aliphatic carbocycles. The van der Waals surface area contributed by atoms with Crippen molar-refractivity contribution in [1.82, 2.24) is 14.7 Å². The Bertz CT molecular complexity index is 637. The average Bonchev–Trinajstić information content (AvgIpc) is 3.01. The van der Waals surface area contributed by atoms with Crippen molar-refractivity contribution < 1.29 is 14.4 Å². The number of amides is 3. The van der Waals surface area contributed by atoms with Gasteiger partial charge in [-0.15, -0.1) is 0 Å². The molecule has 7 nitrogen and oxygen atoms in total. The molecule has 1 aliphatic heterocycles. The number of aromatic nitrogens is 2. The standard InChI is InChI=1S/C15H18N4O3/c1-9(13(20)16-12-7-8-18(2)17-12)19-14(21)10-5-3-4-6-11(10)15(19)22/h3-4,7-11H,5-6H2,1-2H3,(H,16,17,20). The number of carbonyl (C=O) groups is 3. The number of allylic oxidation sites excluding steroid dienone is 2. The molecule has 3 atom stereocenters. The minimum absolute atomic E-state index is 0.247. The number of imide groups is 1. The van der Waals surface area contributed by atoms with Crippen molar-refractivity contribution in [3.63, 3.8) is 0 Å². The summed E-state index contributed by atoms with van der Waals surface area (Å²) in [5, 5.41) is 6.69. The third-order valence-corrected chi connectivity index (χ3v) is 4.27. The lowest BCUT2D eigenvalue weighted by molar-refractivity contribution is -0.146. The van der Waals surface area contributed by atoms with Gasteiger partial charge in [0.25, 0.3) is 0 Å². The summed E-state index contributed by atoms with van der Waals surface area (Å²) in [7, 11) is 1.74. The third kappa shape index (κ3) is 2.32. The monoisotopic (exact) mass is 302 g/mol. The molecular formula is C15H18N4O3. The van der Waals surface area contributed by atoms with E-state index in [-0.39, 0.29) is 23.7 Å². The van der Waals surface area contributed by atoms with E-state index in [1.165, 1.54) is 0 Å². The Morgan fingerprint density at radius 2 is 1.86 bits per heavy atom. The molecule has 3 amide bonds. The highest BCUT2D eigenvalue weighted by molar-refractivity contribution is 6.09. The Kier molecular flexibility index (Phi) is 3.56. The number of anilines is 1. The third-order valence-electron chi connectivity index (χ3n) is 4.27. The van der Waals surface area contributed by atoms with E-state index in [1.807, 2.05) is 12.2 Å². The molecule has 7 heteroatoms. The van der Waals surface area contributed by atoms with E-state index in [2.05, 4.69) is 10.4 Å². The van der Waals surface area contributed by atoms with Crippen LogP contribution >= 0.6 is 0 Å². The van der Waals surface area contributed by atoms with Gasteiger partial charge in [0.2, 0.25) is 17.7 Å². The summed E-state index contributed by atoms with van der Waals surface area (Å²) in [4.78, 5) is 38.2. The second kappa shape index (κ2) is 5.40. The van der Waals surface area contributed by atoms with E-state index in [0.717, 1.165) is 4.90 Å². The number of likely N-dealkylation sites (tertiary alicyclic amines) is 1. The fraction of sp³-hybridized carbons (Fsp3) is 0.467. The second-order valence-electron chi connectivity index (χ2n) is 5.74. The SMILES string of the molecule is CC(C(=O)Nc1ccn(C)n1)N1C(=O)C2CC=CCC2C1=O. The maximum absolute atomic E-state index is 12.4. The van der Waals surface area contributed by atoms with Gasteiger partial charge >= 0.3 is 0 Å². The van der Waals surface area contributed by atoms with Crippen LogP contribution in [0.4, 0.5) is 5.82 Å². The minimum atomic E-state index is -0.840. The van der Waals surface area contributed by atoms with E-state index in [9.17, 15) is 14.4 Å². The van der Waals surface area contributed by atoms with E-state index in [0.29, 0.717) is 18.7 Å². The van der Waals surface area contributed by atoms with Crippen molar-refractivity contribution in [2.75, 3.05) is 5.32 Å². The first-order valence-corrected chi connectivity index (χ1v) is 7.31. The first-order chi connectivity index (χ1) is 10.5. The molecule has 2 aliphatic rings. The Morgan fingerprint density at radius 3 is 2.36 bits per heavy atom. The molecule has 0 bridgehead atoms. The van der Waals surface area contributed by atoms with Crippen LogP contribution in [-0.2, 0) is 21.4 Å². The molecule has 1 fully saturated rings. The summed E-state index contributed by atoms with van der Waals surface area (Å²) in [5.41, 5.74) is 0. The molecular weight excluding hydrogens is 284 g/mol. The number of rotatable bonds is 3. The van der Waals surface area contributed by atoms with Gasteiger partial charge in [-0.1, -0.05) is 12.2 Å². The molecule has 1 saturated heterocycles. The number of carbonyl (C=O) groups excluding carboxylic acids is 3. The van der Waals surface area contributed by atoms with Gasteiger partial charge in [0, 0.05) is 19.3 Å². The van der Waals surface area contributed by atoms with E-state index in [1.54, 1.807) is 30.9 Å². The lowest BCUT2D eigenvalue weighted by Gasteiger charge is -2.21. The van der Waals surface area contributed by atoms with Crippen LogP contribution < -0.4 is 5.32 Å². The summed E-state index contributed by atoms with van der Waals surface area (Å²) in [6.45, 7) is 1.57. The summed E-state index contributed by atoms with van der Waals surface area (Å²) < 4.78 is 1.56. The zero-order chi connectivity index (χ0) is 15.9. The van der Waals surface area contributed by atoms with Crippen molar-refractivity contribution in [2.24, 2.45) is 18.9 Å². The highest BCUT2D eigenvalue weighted by atomic mass is 16.2. The molecule has 0 aromatic carbocycles. The van der Waals surface area contributed by atoms with Crippen LogP contribution in [0.5, 0.6) is 0 Å². The van der Waals surface area contributed by atoms with Gasteiger partial charge < -0.3 is 5.32 Å². The van der Waals surface area contributed by atoms with Crippen LogP contribution in [0.3, 0.4) is 0 Å². The summed E-state index contributed by atoms with van der Waals surface area (Å²) >= 11 is 0. The van der Waals surface area contributed by atoms with Gasteiger partial charge in [0.1, 0.15) is 6.04 Å². The minimum Gasteiger partial charge on any atom is -0.307 e. The number of hydrogen-bond donors (Lipinski definition) is 1. The van der Waals surface area contributed by atoms with Gasteiger partial charge in [0.05, 0.1) is 11.8 Å².